The van der Waals surface area contributed by atoms with Gasteiger partial charge in [-0.3, -0.25) is 4.79 Å². The van der Waals surface area contributed by atoms with E-state index in [1.807, 2.05) is 13.0 Å². The van der Waals surface area contributed by atoms with Gasteiger partial charge in [0, 0.05) is 17.9 Å². The van der Waals surface area contributed by atoms with Crippen molar-refractivity contribution in [2.75, 3.05) is 32.1 Å². The second-order valence-electron chi connectivity index (χ2n) is 5.03. The van der Waals surface area contributed by atoms with Gasteiger partial charge in [0.2, 0.25) is 0 Å². The molecular weight excluding hydrogens is 242 g/mol. The average Bonchev–Trinajstić information content (AvgIpc) is 2.28. The first kappa shape index (κ1) is 15.3. The van der Waals surface area contributed by atoms with Crippen molar-refractivity contribution < 1.29 is 4.79 Å². The van der Waals surface area contributed by atoms with Crippen LogP contribution in [-0.2, 0) is 0 Å². The highest BCUT2D eigenvalue weighted by Gasteiger charge is 2.10. The number of hydrogen-bond donors (Lipinski definition) is 0. The highest BCUT2D eigenvalue weighted by Crippen LogP contribution is 2.17. The van der Waals surface area contributed by atoms with E-state index in [9.17, 15) is 4.79 Å². The molecule has 0 amide bonds. The molecule has 0 saturated heterocycles. The van der Waals surface area contributed by atoms with Crippen LogP contribution in [0.4, 0.5) is 0 Å². The molecule has 0 fully saturated rings. The Bertz CT molecular complexity index is 427. The van der Waals surface area contributed by atoms with Gasteiger partial charge in [0.1, 0.15) is 0 Å². The number of carbonyl (C=O) groups is 1. The molecule has 0 atom stereocenters. The van der Waals surface area contributed by atoms with Crippen molar-refractivity contribution >= 4 is 17.5 Å². The van der Waals surface area contributed by atoms with Gasteiger partial charge in [-0.1, -0.05) is 6.07 Å². The average molecular weight is 265 g/mol. The zero-order valence-corrected chi connectivity index (χ0v) is 12.9. The number of rotatable bonds is 6. The smallest absolute Gasteiger partial charge is 0.172 e. The van der Waals surface area contributed by atoms with Crippen LogP contribution in [0.3, 0.4) is 0 Å². The molecule has 0 saturated carbocycles. The van der Waals surface area contributed by atoms with Crippen molar-refractivity contribution in [3.63, 3.8) is 0 Å². The van der Waals surface area contributed by atoms with Crippen LogP contribution in [-0.4, -0.2) is 42.8 Å². The summed E-state index contributed by atoms with van der Waals surface area (Å²) in [7, 11) is 4.10. The van der Waals surface area contributed by atoms with Gasteiger partial charge >= 0.3 is 0 Å². The van der Waals surface area contributed by atoms with E-state index in [-0.39, 0.29) is 5.78 Å². The molecule has 2 nitrogen and oxygen atoms in total. The third-order valence-corrected chi connectivity index (χ3v) is 3.99. The van der Waals surface area contributed by atoms with Crippen LogP contribution in [0.15, 0.2) is 12.1 Å². The van der Waals surface area contributed by atoms with Crippen LogP contribution in [0.5, 0.6) is 0 Å². The van der Waals surface area contributed by atoms with E-state index in [1.165, 1.54) is 11.1 Å². The Morgan fingerprint density at radius 3 is 2.33 bits per heavy atom. The van der Waals surface area contributed by atoms with E-state index in [0.29, 0.717) is 5.75 Å². The van der Waals surface area contributed by atoms with Crippen LogP contribution < -0.4 is 0 Å². The monoisotopic (exact) mass is 265 g/mol. The number of hydrogen-bond acceptors (Lipinski definition) is 3. The molecule has 0 radical (unpaired) electrons. The quantitative estimate of drug-likeness (QED) is 0.582. The first-order valence-corrected chi connectivity index (χ1v) is 7.41. The topological polar surface area (TPSA) is 20.3 Å². The maximum absolute atomic E-state index is 12.1. The van der Waals surface area contributed by atoms with Crippen LogP contribution in [0.1, 0.15) is 27.0 Å². The van der Waals surface area contributed by atoms with Gasteiger partial charge in [0.15, 0.2) is 5.78 Å². The molecule has 0 N–H and O–H groups in total. The lowest BCUT2D eigenvalue weighted by molar-refractivity contribution is 0.102. The molecule has 0 heterocycles. The number of thioether (sulfide) groups is 1. The molecule has 0 bridgehead atoms. The number of aryl methyl sites for hydroxylation is 3. The Hall–Kier alpha value is -0.800. The van der Waals surface area contributed by atoms with E-state index in [4.69, 9.17) is 0 Å². The van der Waals surface area contributed by atoms with Gasteiger partial charge in [-0.2, -0.15) is 11.8 Å². The van der Waals surface area contributed by atoms with E-state index in [2.05, 4.69) is 38.9 Å². The minimum absolute atomic E-state index is 0.249. The minimum Gasteiger partial charge on any atom is -0.309 e. The maximum atomic E-state index is 12.1. The van der Waals surface area contributed by atoms with Gasteiger partial charge < -0.3 is 4.90 Å². The first-order valence-electron chi connectivity index (χ1n) is 6.25. The summed E-state index contributed by atoms with van der Waals surface area (Å²) in [5, 5.41) is 0. The number of ketones is 1. The highest BCUT2D eigenvalue weighted by molar-refractivity contribution is 8.00. The van der Waals surface area contributed by atoms with E-state index >= 15 is 0 Å². The molecule has 0 spiro atoms. The molecule has 1 aromatic rings. The van der Waals surface area contributed by atoms with E-state index in [1.54, 1.807) is 11.8 Å². The maximum Gasteiger partial charge on any atom is 0.172 e. The van der Waals surface area contributed by atoms with Gasteiger partial charge in [0.05, 0.1) is 5.75 Å². The van der Waals surface area contributed by atoms with Crippen molar-refractivity contribution in [2.45, 2.75) is 20.8 Å². The van der Waals surface area contributed by atoms with Gasteiger partial charge in [-0.15, -0.1) is 0 Å². The highest BCUT2D eigenvalue weighted by atomic mass is 32.2. The normalized spacial score (nSPS) is 11.0. The SMILES string of the molecule is Cc1cc(C)c(C(=O)CSCCN(C)C)cc1C. The summed E-state index contributed by atoms with van der Waals surface area (Å²) in [6, 6.07) is 4.13. The third-order valence-electron chi connectivity index (χ3n) is 3.06. The molecule has 0 aromatic heterocycles. The fourth-order valence-corrected chi connectivity index (χ4v) is 2.73. The van der Waals surface area contributed by atoms with Gasteiger partial charge in [-0.25, -0.2) is 0 Å². The predicted octanol–water partition coefficient (Wildman–Crippen LogP) is 3.09. The zero-order chi connectivity index (χ0) is 13.7. The van der Waals surface area contributed by atoms with E-state index < -0.39 is 0 Å². The van der Waals surface area contributed by atoms with Crippen molar-refractivity contribution in [3.8, 4) is 0 Å². The first-order chi connectivity index (χ1) is 8.41. The summed E-state index contributed by atoms with van der Waals surface area (Å²) >= 11 is 1.71. The number of carbonyl (C=O) groups excluding carboxylic acids is 1. The molecule has 100 valence electrons. The Morgan fingerprint density at radius 1 is 1.11 bits per heavy atom. The summed E-state index contributed by atoms with van der Waals surface area (Å²) in [6.45, 7) is 7.18. The predicted molar refractivity (Wildman–Crippen MR) is 80.9 cm³/mol. The lowest BCUT2D eigenvalue weighted by Gasteiger charge is -2.10. The van der Waals surface area contributed by atoms with Crippen molar-refractivity contribution in [1.29, 1.82) is 0 Å². The van der Waals surface area contributed by atoms with E-state index in [0.717, 1.165) is 23.4 Å². The molecular formula is C15H23NOS. The Morgan fingerprint density at radius 2 is 1.72 bits per heavy atom. The second-order valence-corrected chi connectivity index (χ2v) is 6.14. The molecule has 1 rings (SSSR count). The van der Waals surface area contributed by atoms with Crippen LogP contribution in [0.25, 0.3) is 0 Å². The lowest BCUT2D eigenvalue weighted by Crippen LogP contribution is -2.16. The fraction of sp³-hybridized carbons (Fsp3) is 0.533. The van der Waals surface area contributed by atoms with Crippen molar-refractivity contribution in [1.82, 2.24) is 4.90 Å². The molecule has 3 heteroatoms. The Kier molecular flexibility index (Phi) is 5.89. The minimum atomic E-state index is 0.249. The molecule has 18 heavy (non-hydrogen) atoms. The Labute approximate surface area is 115 Å². The summed E-state index contributed by atoms with van der Waals surface area (Å²) < 4.78 is 0. The second kappa shape index (κ2) is 6.95. The van der Waals surface area contributed by atoms with Gasteiger partial charge in [-0.05, 0) is 57.6 Å². The molecule has 0 aliphatic carbocycles. The third kappa shape index (κ3) is 4.46. The molecule has 0 aliphatic heterocycles. The number of nitrogens with zero attached hydrogens (tertiary/aromatic N) is 1. The lowest BCUT2D eigenvalue weighted by atomic mass is 9.99. The molecule has 0 aliphatic rings. The Balaban J connectivity index is 2.59. The van der Waals surface area contributed by atoms with Crippen LogP contribution in [0.2, 0.25) is 0 Å². The number of Topliss-reactive ketones (excluding diaryl/α,β-unsaturated/α-hetero) is 1. The van der Waals surface area contributed by atoms with Crippen molar-refractivity contribution in [3.05, 3.63) is 34.4 Å². The summed E-state index contributed by atoms with van der Waals surface area (Å²) in [5.41, 5.74) is 4.43. The van der Waals surface area contributed by atoms with Gasteiger partial charge in [0.25, 0.3) is 0 Å². The zero-order valence-electron chi connectivity index (χ0n) is 12.0. The fourth-order valence-electron chi connectivity index (χ4n) is 1.75. The van der Waals surface area contributed by atoms with Crippen molar-refractivity contribution in [2.24, 2.45) is 0 Å². The summed E-state index contributed by atoms with van der Waals surface area (Å²) in [5.74, 6) is 1.83. The molecule has 1 aromatic carbocycles. The molecule has 0 unspecified atom stereocenters. The number of benzene rings is 1. The summed E-state index contributed by atoms with van der Waals surface area (Å²) in [6.07, 6.45) is 0. The van der Waals surface area contributed by atoms with Crippen LogP contribution in [0, 0.1) is 20.8 Å². The van der Waals surface area contributed by atoms with Crippen LogP contribution >= 0.6 is 11.8 Å². The standard InChI is InChI=1S/C15H23NOS/c1-11-8-13(3)14(9-12(11)2)15(17)10-18-7-6-16(4)5/h8-9H,6-7,10H2,1-5H3. The summed E-state index contributed by atoms with van der Waals surface area (Å²) in [4.78, 5) is 14.3. The largest absolute Gasteiger partial charge is 0.309 e.